The van der Waals surface area contributed by atoms with Crippen molar-refractivity contribution in [2.45, 2.75) is 38.8 Å². The Labute approximate surface area is 146 Å². The van der Waals surface area contributed by atoms with Crippen LogP contribution < -0.4 is 5.56 Å². The molecule has 3 heterocycles. The molecule has 0 unspecified atom stereocenters. The molecule has 1 aliphatic heterocycles. The van der Waals surface area contributed by atoms with E-state index < -0.39 is 0 Å². The third kappa shape index (κ3) is 3.96. The van der Waals surface area contributed by atoms with Gasteiger partial charge < -0.3 is 4.52 Å². The van der Waals surface area contributed by atoms with E-state index in [1.54, 1.807) is 10.7 Å². The maximum atomic E-state index is 12.2. The molecule has 134 valence electrons. The van der Waals surface area contributed by atoms with E-state index in [0.29, 0.717) is 19.0 Å². The SMILES string of the molecule is O=c1cc2c(nn1CCN1CCN(Cc3ncno3)CC1)CCCC2. The van der Waals surface area contributed by atoms with Crippen LogP contribution in [0.25, 0.3) is 0 Å². The predicted octanol–water partition coefficient (Wildman–Crippen LogP) is 0.323. The number of aryl methyl sites for hydroxylation is 2. The van der Waals surface area contributed by atoms with Crippen molar-refractivity contribution in [1.82, 2.24) is 29.7 Å². The number of fused-ring (bicyclic) bond motifs is 1. The first-order valence-corrected chi connectivity index (χ1v) is 9.08. The van der Waals surface area contributed by atoms with Crippen molar-refractivity contribution in [3.8, 4) is 0 Å². The van der Waals surface area contributed by atoms with Gasteiger partial charge in [-0.25, -0.2) is 4.68 Å². The second kappa shape index (κ2) is 7.45. The third-order valence-corrected chi connectivity index (χ3v) is 5.13. The molecule has 2 aromatic rings. The number of rotatable bonds is 5. The van der Waals surface area contributed by atoms with Crippen molar-refractivity contribution in [3.63, 3.8) is 0 Å². The number of hydrogen-bond donors (Lipinski definition) is 0. The van der Waals surface area contributed by atoms with Crippen molar-refractivity contribution in [2.75, 3.05) is 32.7 Å². The Bertz CT molecular complexity index is 749. The second-order valence-electron chi connectivity index (χ2n) is 6.84. The van der Waals surface area contributed by atoms with Crippen molar-refractivity contribution in [3.05, 3.63) is 39.9 Å². The van der Waals surface area contributed by atoms with E-state index in [-0.39, 0.29) is 5.56 Å². The molecule has 1 aliphatic carbocycles. The molecule has 1 saturated heterocycles. The fourth-order valence-electron chi connectivity index (χ4n) is 3.63. The molecule has 2 aliphatic rings. The highest BCUT2D eigenvalue weighted by atomic mass is 16.5. The smallest absolute Gasteiger partial charge is 0.267 e. The third-order valence-electron chi connectivity index (χ3n) is 5.13. The van der Waals surface area contributed by atoms with Crippen LogP contribution in [0.4, 0.5) is 0 Å². The predicted molar refractivity (Wildman–Crippen MR) is 91.2 cm³/mol. The summed E-state index contributed by atoms with van der Waals surface area (Å²) in [5.74, 6) is 0.665. The number of piperazine rings is 1. The molecule has 0 N–H and O–H groups in total. The van der Waals surface area contributed by atoms with Gasteiger partial charge in [-0.3, -0.25) is 14.6 Å². The van der Waals surface area contributed by atoms with E-state index in [0.717, 1.165) is 56.8 Å². The second-order valence-corrected chi connectivity index (χ2v) is 6.84. The summed E-state index contributed by atoms with van der Waals surface area (Å²) in [5, 5.41) is 8.24. The largest absolute Gasteiger partial charge is 0.338 e. The summed E-state index contributed by atoms with van der Waals surface area (Å²) in [6.07, 6.45) is 5.80. The molecule has 0 bridgehead atoms. The Balaban J connectivity index is 1.29. The Hall–Kier alpha value is -2.06. The van der Waals surface area contributed by atoms with Crippen molar-refractivity contribution < 1.29 is 4.52 Å². The molecule has 2 aromatic heterocycles. The molecule has 1 fully saturated rings. The van der Waals surface area contributed by atoms with Crippen LogP contribution in [0.5, 0.6) is 0 Å². The molecular formula is C17H24N6O2. The summed E-state index contributed by atoms with van der Waals surface area (Å²) in [7, 11) is 0. The van der Waals surface area contributed by atoms with Gasteiger partial charge in [0.25, 0.3) is 5.56 Å². The summed E-state index contributed by atoms with van der Waals surface area (Å²) >= 11 is 0. The van der Waals surface area contributed by atoms with Gasteiger partial charge in [-0.05, 0) is 31.2 Å². The first-order chi connectivity index (χ1) is 12.3. The van der Waals surface area contributed by atoms with Gasteiger partial charge >= 0.3 is 0 Å². The zero-order valence-electron chi connectivity index (χ0n) is 14.4. The number of nitrogens with zero attached hydrogens (tertiary/aromatic N) is 6. The van der Waals surface area contributed by atoms with Crippen LogP contribution in [0.15, 0.2) is 21.7 Å². The molecule has 0 aromatic carbocycles. The van der Waals surface area contributed by atoms with Crippen LogP contribution in [-0.2, 0) is 25.9 Å². The molecule has 8 nitrogen and oxygen atoms in total. The fraction of sp³-hybridized carbons (Fsp3) is 0.647. The molecular weight excluding hydrogens is 320 g/mol. The summed E-state index contributed by atoms with van der Waals surface area (Å²) in [4.78, 5) is 21.0. The Morgan fingerprint density at radius 2 is 1.84 bits per heavy atom. The minimum atomic E-state index is 0.0377. The van der Waals surface area contributed by atoms with Gasteiger partial charge in [0.15, 0.2) is 6.33 Å². The van der Waals surface area contributed by atoms with Crippen LogP contribution in [0.2, 0.25) is 0 Å². The van der Waals surface area contributed by atoms with E-state index in [2.05, 4.69) is 25.0 Å². The topological polar surface area (TPSA) is 80.3 Å². The van der Waals surface area contributed by atoms with Crippen molar-refractivity contribution in [2.24, 2.45) is 0 Å². The van der Waals surface area contributed by atoms with Gasteiger partial charge in [-0.1, -0.05) is 5.16 Å². The van der Waals surface area contributed by atoms with Crippen molar-refractivity contribution >= 4 is 0 Å². The van der Waals surface area contributed by atoms with Crippen LogP contribution in [0, 0.1) is 0 Å². The lowest BCUT2D eigenvalue weighted by atomic mass is 9.97. The van der Waals surface area contributed by atoms with Crippen molar-refractivity contribution in [1.29, 1.82) is 0 Å². The van der Waals surface area contributed by atoms with E-state index in [9.17, 15) is 4.79 Å². The Morgan fingerprint density at radius 1 is 1.04 bits per heavy atom. The number of hydrogen-bond acceptors (Lipinski definition) is 7. The summed E-state index contributed by atoms with van der Waals surface area (Å²) < 4.78 is 6.71. The Kier molecular flexibility index (Phi) is 4.89. The van der Waals surface area contributed by atoms with E-state index in [1.165, 1.54) is 19.2 Å². The van der Waals surface area contributed by atoms with Gasteiger partial charge in [0, 0.05) is 38.8 Å². The minimum absolute atomic E-state index is 0.0377. The van der Waals surface area contributed by atoms with Gasteiger partial charge in [0.2, 0.25) is 5.89 Å². The average molecular weight is 344 g/mol. The van der Waals surface area contributed by atoms with E-state index in [4.69, 9.17) is 4.52 Å². The zero-order chi connectivity index (χ0) is 17.1. The molecule has 0 saturated carbocycles. The fourth-order valence-corrected chi connectivity index (χ4v) is 3.63. The molecule has 0 atom stereocenters. The highest BCUT2D eigenvalue weighted by Crippen LogP contribution is 2.16. The molecule has 25 heavy (non-hydrogen) atoms. The lowest BCUT2D eigenvalue weighted by Gasteiger charge is -2.33. The van der Waals surface area contributed by atoms with E-state index in [1.807, 2.05) is 0 Å². The highest BCUT2D eigenvalue weighted by Gasteiger charge is 2.19. The minimum Gasteiger partial charge on any atom is -0.338 e. The molecule has 8 heteroatoms. The van der Waals surface area contributed by atoms with E-state index >= 15 is 0 Å². The quantitative estimate of drug-likeness (QED) is 0.773. The van der Waals surface area contributed by atoms with Gasteiger partial charge in [0.1, 0.15) is 0 Å². The average Bonchev–Trinajstić information content (AvgIpc) is 3.14. The van der Waals surface area contributed by atoms with Gasteiger partial charge in [-0.15, -0.1) is 0 Å². The highest BCUT2D eigenvalue weighted by molar-refractivity contribution is 5.20. The summed E-state index contributed by atoms with van der Waals surface area (Å²) in [5.41, 5.74) is 2.31. The summed E-state index contributed by atoms with van der Waals surface area (Å²) in [6, 6.07) is 1.80. The molecule has 0 spiro atoms. The van der Waals surface area contributed by atoms with Crippen LogP contribution in [0.3, 0.4) is 0 Å². The molecule has 4 rings (SSSR count). The summed E-state index contributed by atoms with van der Waals surface area (Å²) in [6.45, 7) is 6.13. The lowest BCUT2D eigenvalue weighted by Crippen LogP contribution is -2.47. The lowest BCUT2D eigenvalue weighted by molar-refractivity contribution is 0.113. The number of aromatic nitrogens is 4. The maximum Gasteiger partial charge on any atom is 0.267 e. The zero-order valence-corrected chi connectivity index (χ0v) is 14.4. The van der Waals surface area contributed by atoms with Gasteiger partial charge in [-0.2, -0.15) is 10.1 Å². The maximum absolute atomic E-state index is 12.2. The first-order valence-electron chi connectivity index (χ1n) is 9.08. The van der Waals surface area contributed by atoms with Crippen LogP contribution in [-0.4, -0.2) is 62.4 Å². The van der Waals surface area contributed by atoms with Gasteiger partial charge in [0.05, 0.1) is 18.8 Å². The van der Waals surface area contributed by atoms with Crippen LogP contribution >= 0.6 is 0 Å². The molecule has 0 radical (unpaired) electrons. The normalized spacial score (nSPS) is 19.0. The monoisotopic (exact) mass is 344 g/mol. The first kappa shape index (κ1) is 16.4. The Morgan fingerprint density at radius 3 is 2.64 bits per heavy atom. The molecule has 0 amide bonds. The standard InChI is InChI=1S/C17H24N6O2/c24-17-11-14-3-1-2-4-15(14)20-23(17)10-9-21-5-7-22(8-6-21)12-16-18-13-19-25-16/h11,13H,1-10,12H2. The van der Waals surface area contributed by atoms with Crippen LogP contribution in [0.1, 0.15) is 30.0 Å².